The van der Waals surface area contributed by atoms with Crippen LogP contribution in [0.25, 0.3) is 28.4 Å². The number of benzene rings is 3. The molecule has 6 rings (SSSR count). The van der Waals surface area contributed by atoms with Crippen molar-refractivity contribution in [3.63, 3.8) is 0 Å². The fourth-order valence-electron chi connectivity index (χ4n) is 6.28. The molecule has 0 spiro atoms. The number of aliphatic hydroxyl groups excluding tert-OH is 7. The standard InChI is InChI=1S/C37H38O19/c1-51-21-8-14(2-5-17(21)40)3-7-26(43)52-13-25-30(45)33(48)35(50)37(56-25)55-23-11-22-27(19(42)10-20(53-22)15-4-6-16(39)18(41)9-15)31(46)28(23)36-34(49)32(47)29(44)24(12-38)54-36/h2-11,24-25,29-30,32-41,44-50H,12-13H2,1H3/b7-3+/t24?,25?,29-,30-,32+,33+,34?,35?,36+,37-/m1/s1. The second-order valence-electron chi connectivity index (χ2n) is 13.0. The third kappa shape index (κ3) is 7.80. The molecule has 2 fully saturated rings. The van der Waals surface area contributed by atoms with E-state index in [4.69, 9.17) is 28.1 Å². The lowest BCUT2D eigenvalue weighted by Gasteiger charge is -2.42. The van der Waals surface area contributed by atoms with Gasteiger partial charge >= 0.3 is 5.97 Å². The molecular formula is C37H38O19. The van der Waals surface area contributed by atoms with Gasteiger partial charge in [-0.1, -0.05) is 6.07 Å². The van der Waals surface area contributed by atoms with Gasteiger partial charge in [0.2, 0.25) is 6.29 Å². The maximum atomic E-state index is 13.5. The number of phenolic OH excluding ortho intramolecular Hbond substituents is 4. The molecule has 0 radical (unpaired) electrons. The van der Waals surface area contributed by atoms with Crippen LogP contribution < -0.4 is 14.9 Å². The van der Waals surface area contributed by atoms with E-state index in [-0.39, 0.29) is 22.8 Å². The van der Waals surface area contributed by atoms with Gasteiger partial charge in [-0.15, -0.1) is 0 Å². The van der Waals surface area contributed by atoms with Crippen molar-refractivity contribution < 1.29 is 89.1 Å². The first-order valence-corrected chi connectivity index (χ1v) is 16.9. The first-order chi connectivity index (χ1) is 26.6. The second-order valence-corrected chi connectivity index (χ2v) is 13.0. The smallest absolute Gasteiger partial charge is 0.330 e. The lowest BCUT2D eigenvalue weighted by Crippen LogP contribution is -2.60. The van der Waals surface area contributed by atoms with Crippen LogP contribution in [0, 0.1) is 0 Å². The van der Waals surface area contributed by atoms with Gasteiger partial charge in [-0.2, -0.15) is 0 Å². The average molecular weight is 787 g/mol. The number of phenols is 4. The Morgan fingerprint density at radius 3 is 2.16 bits per heavy atom. The summed E-state index contributed by atoms with van der Waals surface area (Å²) in [4.78, 5) is 26.0. The number of carbonyl (C=O) groups is 1. The molecular weight excluding hydrogens is 748 g/mol. The van der Waals surface area contributed by atoms with Crippen LogP contribution in [0.1, 0.15) is 17.2 Å². The molecule has 1 aromatic heterocycles. The molecule has 300 valence electrons. The van der Waals surface area contributed by atoms with Crippen LogP contribution in [-0.4, -0.2) is 138 Å². The van der Waals surface area contributed by atoms with Crippen LogP contribution in [-0.2, 0) is 19.0 Å². The van der Waals surface area contributed by atoms with E-state index in [1.807, 2.05) is 0 Å². The van der Waals surface area contributed by atoms with Crippen LogP contribution in [0.15, 0.2) is 63.8 Å². The highest BCUT2D eigenvalue weighted by Crippen LogP contribution is 2.46. The topological polar surface area (TPSA) is 316 Å². The van der Waals surface area contributed by atoms with Crippen molar-refractivity contribution in [2.24, 2.45) is 0 Å². The summed E-state index contributed by atoms with van der Waals surface area (Å²) in [7, 11) is 1.34. The Kier molecular flexibility index (Phi) is 11.7. The number of aromatic hydroxyl groups is 4. The van der Waals surface area contributed by atoms with Crippen molar-refractivity contribution in [2.75, 3.05) is 20.3 Å². The summed E-state index contributed by atoms with van der Waals surface area (Å²) in [6, 6.07) is 9.75. The molecule has 19 heteroatoms. The van der Waals surface area contributed by atoms with Crippen molar-refractivity contribution in [3.05, 3.63) is 76.0 Å². The molecule has 10 atom stereocenters. The monoisotopic (exact) mass is 786 g/mol. The normalized spacial score (nSPS) is 28.0. The molecule has 2 aliphatic rings. The number of hydrogen-bond acceptors (Lipinski definition) is 19. The molecule has 4 unspecified atom stereocenters. The Labute approximate surface area is 315 Å². The predicted octanol–water partition coefficient (Wildman–Crippen LogP) is -0.751. The number of aliphatic hydroxyl groups is 7. The third-order valence-corrected chi connectivity index (χ3v) is 9.35. The molecule has 2 aliphatic heterocycles. The fraction of sp³-hybridized carbons (Fsp3) is 0.351. The minimum atomic E-state index is -2.04. The Morgan fingerprint density at radius 2 is 1.46 bits per heavy atom. The van der Waals surface area contributed by atoms with E-state index in [1.54, 1.807) is 0 Å². The third-order valence-electron chi connectivity index (χ3n) is 9.35. The maximum absolute atomic E-state index is 13.5. The molecule has 19 nitrogen and oxygen atoms in total. The molecule has 3 heterocycles. The van der Waals surface area contributed by atoms with Crippen LogP contribution in [0.4, 0.5) is 0 Å². The Morgan fingerprint density at radius 1 is 0.768 bits per heavy atom. The average Bonchev–Trinajstić information content (AvgIpc) is 3.17. The Hall–Kier alpha value is -5.48. The van der Waals surface area contributed by atoms with Crippen molar-refractivity contribution >= 4 is 23.0 Å². The fourth-order valence-corrected chi connectivity index (χ4v) is 6.28. The zero-order chi connectivity index (χ0) is 40.6. The van der Waals surface area contributed by atoms with E-state index in [1.165, 1.54) is 37.5 Å². The molecule has 0 amide bonds. The molecule has 0 bridgehead atoms. The Balaban J connectivity index is 1.34. The summed E-state index contributed by atoms with van der Waals surface area (Å²) in [5.41, 5.74) is -1.27. The van der Waals surface area contributed by atoms with Crippen LogP contribution >= 0.6 is 0 Å². The zero-order valence-electron chi connectivity index (χ0n) is 29.1. The first-order valence-electron chi connectivity index (χ1n) is 16.9. The van der Waals surface area contributed by atoms with E-state index in [0.717, 1.165) is 30.3 Å². The summed E-state index contributed by atoms with van der Waals surface area (Å²) < 4.78 is 33.3. The highest BCUT2D eigenvalue weighted by atomic mass is 16.7. The SMILES string of the molecule is COc1cc(/C=C/C(=O)OCC2O[C@@H](Oc3cc4oc(-c5ccc(O)c(O)c5)cc(=O)c4c(O)c3[C@@H]3OC(CO)[C@@H](O)[C@H](O)C3O)C(O)[C@@H](O)[C@@H]2O)ccc1O. The number of esters is 1. The maximum Gasteiger partial charge on any atom is 0.330 e. The highest BCUT2D eigenvalue weighted by Gasteiger charge is 2.49. The number of ether oxygens (including phenoxy) is 5. The molecule has 11 N–H and O–H groups in total. The van der Waals surface area contributed by atoms with E-state index in [9.17, 15) is 65.8 Å². The molecule has 2 saturated heterocycles. The van der Waals surface area contributed by atoms with Crippen LogP contribution in [0.5, 0.6) is 34.5 Å². The molecule has 56 heavy (non-hydrogen) atoms. The van der Waals surface area contributed by atoms with Gasteiger partial charge in [0.25, 0.3) is 0 Å². The van der Waals surface area contributed by atoms with E-state index >= 15 is 0 Å². The van der Waals surface area contributed by atoms with Crippen molar-refractivity contribution in [1.82, 2.24) is 0 Å². The number of rotatable bonds is 10. The summed E-state index contributed by atoms with van der Waals surface area (Å²) in [6.45, 7) is -1.57. The number of fused-ring (bicyclic) bond motifs is 1. The van der Waals surface area contributed by atoms with Gasteiger partial charge in [-0.3, -0.25) is 4.79 Å². The molecule has 0 saturated carbocycles. The van der Waals surface area contributed by atoms with Gasteiger partial charge < -0.3 is 84.3 Å². The lowest BCUT2D eigenvalue weighted by molar-refractivity contribution is -0.279. The van der Waals surface area contributed by atoms with Gasteiger partial charge in [0.1, 0.15) is 89.8 Å². The summed E-state index contributed by atoms with van der Waals surface area (Å²) in [5.74, 6) is -3.60. The molecule has 4 aromatic rings. The largest absolute Gasteiger partial charge is 0.506 e. The number of hydrogen-bond donors (Lipinski definition) is 11. The number of methoxy groups -OCH3 is 1. The highest BCUT2D eigenvalue weighted by molar-refractivity contribution is 5.89. The van der Waals surface area contributed by atoms with Crippen LogP contribution in [0.3, 0.4) is 0 Å². The van der Waals surface area contributed by atoms with Crippen molar-refractivity contribution in [1.29, 1.82) is 0 Å². The van der Waals surface area contributed by atoms with Crippen LogP contribution in [0.2, 0.25) is 0 Å². The van der Waals surface area contributed by atoms with E-state index in [2.05, 4.69) is 0 Å². The minimum Gasteiger partial charge on any atom is -0.506 e. The van der Waals surface area contributed by atoms with E-state index < -0.39 is 125 Å². The summed E-state index contributed by atoms with van der Waals surface area (Å²) in [5, 5.41) is 115. The quantitative estimate of drug-likeness (QED) is 0.0535. The zero-order valence-corrected chi connectivity index (χ0v) is 29.1. The van der Waals surface area contributed by atoms with Gasteiger partial charge in [0.15, 0.2) is 28.4 Å². The summed E-state index contributed by atoms with van der Waals surface area (Å²) in [6.07, 6.45) is -16.2. The van der Waals surface area contributed by atoms with E-state index in [0.29, 0.717) is 5.56 Å². The molecule has 0 aliphatic carbocycles. The molecule has 3 aromatic carbocycles. The van der Waals surface area contributed by atoms with Gasteiger partial charge in [-0.25, -0.2) is 4.79 Å². The van der Waals surface area contributed by atoms with Gasteiger partial charge in [0.05, 0.1) is 19.3 Å². The minimum absolute atomic E-state index is 0.109. The second kappa shape index (κ2) is 16.3. The van der Waals surface area contributed by atoms with Crippen molar-refractivity contribution in [2.45, 2.75) is 61.2 Å². The number of carbonyl (C=O) groups excluding carboxylic acids is 1. The predicted molar refractivity (Wildman–Crippen MR) is 188 cm³/mol. The van der Waals surface area contributed by atoms with Crippen molar-refractivity contribution in [3.8, 4) is 45.8 Å². The Bertz CT molecular complexity index is 2160. The first kappa shape index (κ1) is 40.2. The van der Waals surface area contributed by atoms with Gasteiger partial charge in [-0.05, 0) is 42.0 Å². The summed E-state index contributed by atoms with van der Waals surface area (Å²) >= 11 is 0. The van der Waals surface area contributed by atoms with Gasteiger partial charge in [0, 0.05) is 23.8 Å². The lowest BCUT2D eigenvalue weighted by atomic mass is 9.89.